The molecule has 1 rings (SSSR count). The molecule has 0 unspecified atom stereocenters. The van der Waals surface area contributed by atoms with Gasteiger partial charge in [-0.25, -0.2) is 15.2 Å². The van der Waals surface area contributed by atoms with Crippen molar-refractivity contribution in [2.45, 2.75) is 26.3 Å². The summed E-state index contributed by atoms with van der Waals surface area (Å²) in [5.41, 5.74) is 2.51. The Kier molecular flexibility index (Phi) is 3.26. The van der Waals surface area contributed by atoms with Crippen LogP contribution >= 0.6 is 0 Å². The van der Waals surface area contributed by atoms with Crippen LogP contribution in [0.1, 0.15) is 20.8 Å². The van der Waals surface area contributed by atoms with E-state index in [4.69, 9.17) is 5.11 Å². The van der Waals surface area contributed by atoms with Gasteiger partial charge in [-0.15, -0.1) is 0 Å². The summed E-state index contributed by atoms with van der Waals surface area (Å²) in [4.78, 5) is 15.0. The number of nitrogens with one attached hydrogen (secondary N) is 1. The topological polar surface area (TPSA) is 65.5 Å². The first-order valence-electron chi connectivity index (χ1n) is 4.62. The van der Waals surface area contributed by atoms with Crippen LogP contribution in [-0.4, -0.2) is 21.7 Å². The Bertz CT molecular complexity index is 332. The first kappa shape index (κ1) is 11.5. The minimum absolute atomic E-state index is 0.337. The van der Waals surface area contributed by atoms with E-state index < -0.39 is 6.09 Å². The molecule has 15 heavy (non-hydrogen) atoms. The third-order valence-corrected chi connectivity index (χ3v) is 1.52. The molecule has 0 aromatic carbocycles. The molecule has 1 amide bonds. The second-order valence-electron chi connectivity index (χ2n) is 4.17. The summed E-state index contributed by atoms with van der Waals surface area (Å²) in [7, 11) is 0. The smallest absolute Gasteiger partial charge is 0.427 e. The fraction of sp³-hybridized carbons (Fsp3) is 0.400. The maximum atomic E-state index is 11.0. The van der Waals surface area contributed by atoms with Crippen LogP contribution in [0.15, 0.2) is 24.4 Å². The zero-order valence-electron chi connectivity index (χ0n) is 9.06. The zero-order valence-corrected chi connectivity index (χ0v) is 9.06. The highest BCUT2D eigenvalue weighted by Gasteiger charge is 2.21. The fourth-order valence-electron chi connectivity index (χ4n) is 1.02. The Morgan fingerprint density at radius 1 is 1.47 bits per heavy atom. The molecule has 0 saturated carbocycles. The first-order chi connectivity index (χ1) is 6.90. The monoisotopic (exact) mass is 209 g/mol. The van der Waals surface area contributed by atoms with Crippen molar-refractivity contribution in [1.82, 2.24) is 10.4 Å². The molecule has 0 aliphatic heterocycles. The van der Waals surface area contributed by atoms with Crippen LogP contribution in [0, 0.1) is 0 Å². The molecular formula is C10H15N3O2. The molecule has 0 fully saturated rings. The fourth-order valence-corrected chi connectivity index (χ4v) is 1.02. The molecule has 0 aliphatic rings. The molecule has 82 valence electrons. The van der Waals surface area contributed by atoms with E-state index in [1.54, 1.807) is 24.4 Å². The largest absolute Gasteiger partial charge is 0.464 e. The molecule has 5 heteroatoms. The summed E-state index contributed by atoms with van der Waals surface area (Å²) < 4.78 is 0. The van der Waals surface area contributed by atoms with Crippen LogP contribution in [0.2, 0.25) is 0 Å². The van der Waals surface area contributed by atoms with Crippen LogP contribution in [0.5, 0.6) is 0 Å². The van der Waals surface area contributed by atoms with E-state index in [0.717, 1.165) is 5.01 Å². The molecule has 1 aromatic heterocycles. The third-order valence-electron chi connectivity index (χ3n) is 1.52. The second kappa shape index (κ2) is 4.27. The van der Waals surface area contributed by atoms with Crippen molar-refractivity contribution in [2.75, 3.05) is 5.01 Å². The molecule has 0 atom stereocenters. The van der Waals surface area contributed by atoms with E-state index in [0.29, 0.717) is 5.82 Å². The lowest BCUT2D eigenvalue weighted by atomic mass is 10.1. The van der Waals surface area contributed by atoms with Crippen LogP contribution < -0.4 is 10.4 Å². The van der Waals surface area contributed by atoms with Crippen molar-refractivity contribution in [1.29, 1.82) is 0 Å². The number of carbonyl (C=O) groups is 1. The van der Waals surface area contributed by atoms with Gasteiger partial charge < -0.3 is 5.11 Å². The maximum Gasteiger partial charge on any atom is 0.427 e. The van der Waals surface area contributed by atoms with Gasteiger partial charge in [0.25, 0.3) is 0 Å². The van der Waals surface area contributed by atoms with E-state index in [2.05, 4.69) is 10.4 Å². The van der Waals surface area contributed by atoms with Gasteiger partial charge in [-0.1, -0.05) is 6.07 Å². The normalized spacial score (nSPS) is 11.1. The molecule has 0 spiro atoms. The maximum absolute atomic E-state index is 11.0. The standard InChI is InChI=1S/C10H15N3O2/c1-10(2,3)12-13(9(14)15)8-6-4-5-7-11-8/h4-7,12H,1-3H3,(H,14,15). The average Bonchev–Trinajstić information content (AvgIpc) is 2.14. The van der Waals surface area contributed by atoms with E-state index in [9.17, 15) is 4.79 Å². The van der Waals surface area contributed by atoms with Gasteiger partial charge in [-0.3, -0.25) is 0 Å². The Labute approximate surface area is 88.7 Å². The van der Waals surface area contributed by atoms with Gasteiger partial charge in [-0.2, -0.15) is 5.01 Å². The highest BCUT2D eigenvalue weighted by Crippen LogP contribution is 2.10. The molecule has 0 bridgehead atoms. The second-order valence-corrected chi connectivity index (χ2v) is 4.17. The summed E-state index contributed by atoms with van der Waals surface area (Å²) in [5.74, 6) is 0.361. The van der Waals surface area contributed by atoms with Crippen molar-refractivity contribution in [2.24, 2.45) is 0 Å². The highest BCUT2D eigenvalue weighted by atomic mass is 16.4. The summed E-state index contributed by atoms with van der Waals surface area (Å²) >= 11 is 0. The molecule has 0 saturated heterocycles. The Hall–Kier alpha value is -1.62. The molecule has 2 N–H and O–H groups in total. The van der Waals surface area contributed by atoms with Gasteiger partial charge in [0.15, 0.2) is 5.82 Å². The van der Waals surface area contributed by atoms with Crippen molar-refractivity contribution < 1.29 is 9.90 Å². The Balaban J connectivity index is 2.90. The van der Waals surface area contributed by atoms with Crippen LogP contribution in [0.3, 0.4) is 0 Å². The van der Waals surface area contributed by atoms with Gasteiger partial charge in [0, 0.05) is 11.7 Å². The Morgan fingerprint density at radius 2 is 2.13 bits per heavy atom. The third kappa shape index (κ3) is 3.55. The van der Waals surface area contributed by atoms with E-state index >= 15 is 0 Å². The number of rotatable bonds is 2. The minimum Gasteiger partial charge on any atom is -0.464 e. The summed E-state index contributed by atoms with van der Waals surface area (Å²) in [5, 5.41) is 10.0. The van der Waals surface area contributed by atoms with Gasteiger partial charge in [0.1, 0.15) is 0 Å². The van der Waals surface area contributed by atoms with Crippen molar-refractivity contribution >= 4 is 11.9 Å². The molecule has 5 nitrogen and oxygen atoms in total. The van der Waals surface area contributed by atoms with Crippen molar-refractivity contribution in [3.05, 3.63) is 24.4 Å². The van der Waals surface area contributed by atoms with Crippen molar-refractivity contribution in [3.8, 4) is 0 Å². The molecule has 1 aromatic rings. The van der Waals surface area contributed by atoms with Crippen molar-refractivity contribution in [3.63, 3.8) is 0 Å². The highest BCUT2D eigenvalue weighted by molar-refractivity contribution is 5.83. The van der Waals surface area contributed by atoms with Gasteiger partial charge >= 0.3 is 6.09 Å². The number of carboxylic acid groups (broad SMARTS) is 1. The number of nitrogens with zero attached hydrogens (tertiary/aromatic N) is 2. The molecule has 1 heterocycles. The summed E-state index contributed by atoms with van der Waals surface area (Å²) in [6.45, 7) is 5.64. The minimum atomic E-state index is -1.08. The van der Waals surface area contributed by atoms with E-state index in [1.807, 2.05) is 20.8 Å². The lowest BCUT2D eigenvalue weighted by Crippen LogP contribution is -2.52. The average molecular weight is 209 g/mol. The molecular weight excluding hydrogens is 194 g/mol. The summed E-state index contributed by atoms with van der Waals surface area (Å²) in [6, 6.07) is 5.11. The van der Waals surface area contributed by atoms with Gasteiger partial charge in [0.2, 0.25) is 0 Å². The number of hydrogen-bond donors (Lipinski definition) is 2. The predicted octanol–water partition coefficient (Wildman–Crippen LogP) is 1.87. The van der Waals surface area contributed by atoms with Crippen LogP contribution in [-0.2, 0) is 0 Å². The molecule has 0 aliphatic carbocycles. The number of aromatic nitrogens is 1. The van der Waals surface area contributed by atoms with Crippen LogP contribution in [0.4, 0.5) is 10.6 Å². The predicted molar refractivity (Wildman–Crippen MR) is 57.6 cm³/mol. The zero-order chi connectivity index (χ0) is 11.5. The molecule has 0 radical (unpaired) electrons. The Morgan fingerprint density at radius 3 is 2.53 bits per heavy atom. The summed E-state index contributed by atoms with van der Waals surface area (Å²) in [6.07, 6.45) is 0.471. The van der Waals surface area contributed by atoms with Crippen LogP contribution in [0.25, 0.3) is 0 Å². The number of pyridine rings is 1. The van der Waals surface area contributed by atoms with E-state index in [1.165, 1.54) is 0 Å². The van der Waals surface area contributed by atoms with Gasteiger partial charge in [-0.05, 0) is 32.9 Å². The quantitative estimate of drug-likeness (QED) is 0.730. The number of hydrazine groups is 1. The van der Waals surface area contributed by atoms with Gasteiger partial charge in [0.05, 0.1) is 0 Å². The lowest BCUT2D eigenvalue weighted by Gasteiger charge is -2.28. The number of amides is 1. The number of anilines is 1. The first-order valence-corrected chi connectivity index (χ1v) is 4.62. The lowest BCUT2D eigenvalue weighted by molar-refractivity contribution is 0.194. The van der Waals surface area contributed by atoms with E-state index in [-0.39, 0.29) is 5.54 Å². The SMILES string of the molecule is CC(C)(C)NN(C(=O)O)c1ccccn1. The number of hydrogen-bond acceptors (Lipinski definition) is 3.